The van der Waals surface area contributed by atoms with Gasteiger partial charge in [-0.15, -0.1) is 0 Å². The number of rotatable bonds is 6. The molecule has 1 aromatic rings. The zero-order chi connectivity index (χ0) is 15.3. The summed E-state index contributed by atoms with van der Waals surface area (Å²) in [6, 6.07) is 4.56. The molecule has 0 saturated carbocycles. The van der Waals surface area contributed by atoms with Gasteiger partial charge >= 0.3 is 5.97 Å². The van der Waals surface area contributed by atoms with Gasteiger partial charge in [0, 0.05) is 25.2 Å². The Labute approximate surface area is 117 Å². The van der Waals surface area contributed by atoms with E-state index in [4.69, 9.17) is 5.11 Å². The summed E-state index contributed by atoms with van der Waals surface area (Å²) in [6.45, 7) is 3.89. The largest absolute Gasteiger partial charge is 0.481 e. The van der Waals surface area contributed by atoms with Crippen LogP contribution in [0.25, 0.3) is 0 Å². The minimum Gasteiger partial charge on any atom is -0.481 e. The summed E-state index contributed by atoms with van der Waals surface area (Å²) < 4.78 is 13.9. The standard InChI is InChI=1S/C14H19FN2O3/c1-9(2)17(3)12-5-4-10(8-11(12)15)16-13(18)6-7-14(19)20/h4-5,8-9H,6-7H2,1-3H3,(H,16,18)(H,19,20). The average Bonchev–Trinajstić information content (AvgIpc) is 2.35. The molecule has 1 rings (SSSR count). The Kier molecular flexibility index (Phi) is 5.49. The summed E-state index contributed by atoms with van der Waals surface area (Å²) in [4.78, 5) is 23.6. The second kappa shape index (κ2) is 6.88. The first-order valence-corrected chi connectivity index (χ1v) is 6.35. The number of anilines is 2. The van der Waals surface area contributed by atoms with Crippen LogP contribution in [0.4, 0.5) is 15.8 Å². The minimum absolute atomic E-state index is 0.134. The van der Waals surface area contributed by atoms with Gasteiger partial charge in [0.15, 0.2) is 0 Å². The molecule has 6 heteroatoms. The van der Waals surface area contributed by atoms with Gasteiger partial charge in [0.25, 0.3) is 0 Å². The van der Waals surface area contributed by atoms with Crippen LogP contribution < -0.4 is 10.2 Å². The molecule has 5 nitrogen and oxygen atoms in total. The Balaban J connectivity index is 2.72. The van der Waals surface area contributed by atoms with E-state index in [2.05, 4.69) is 5.32 Å². The normalized spacial score (nSPS) is 10.4. The zero-order valence-electron chi connectivity index (χ0n) is 11.8. The summed E-state index contributed by atoms with van der Waals surface area (Å²) in [7, 11) is 1.79. The molecule has 0 aliphatic carbocycles. The van der Waals surface area contributed by atoms with Gasteiger partial charge in [-0.05, 0) is 32.0 Å². The van der Waals surface area contributed by atoms with E-state index in [1.165, 1.54) is 6.07 Å². The Morgan fingerprint density at radius 2 is 2.00 bits per heavy atom. The molecular formula is C14H19FN2O3. The molecule has 0 unspecified atom stereocenters. The second-order valence-electron chi connectivity index (χ2n) is 4.81. The maximum Gasteiger partial charge on any atom is 0.303 e. The molecule has 0 aliphatic heterocycles. The number of halogens is 1. The first kappa shape index (κ1) is 15.9. The van der Waals surface area contributed by atoms with Gasteiger partial charge in [-0.2, -0.15) is 0 Å². The van der Waals surface area contributed by atoms with Gasteiger partial charge in [0.1, 0.15) is 5.82 Å². The molecule has 20 heavy (non-hydrogen) atoms. The number of nitrogens with one attached hydrogen (secondary N) is 1. The molecule has 110 valence electrons. The number of aliphatic carboxylic acids is 1. The van der Waals surface area contributed by atoms with E-state index in [9.17, 15) is 14.0 Å². The van der Waals surface area contributed by atoms with E-state index in [1.54, 1.807) is 24.1 Å². The van der Waals surface area contributed by atoms with Gasteiger partial charge in [0.2, 0.25) is 5.91 Å². The van der Waals surface area contributed by atoms with Crippen LogP contribution in [0, 0.1) is 5.82 Å². The summed E-state index contributed by atoms with van der Waals surface area (Å²) in [5, 5.41) is 10.9. The molecule has 0 fully saturated rings. The lowest BCUT2D eigenvalue weighted by molar-refractivity contribution is -0.138. The van der Waals surface area contributed by atoms with E-state index < -0.39 is 17.7 Å². The van der Waals surface area contributed by atoms with E-state index >= 15 is 0 Å². The summed E-state index contributed by atoms with van der Waals surface area (Å²) in [5.41, 5.74) is 0.766. The van der Waals surface area contributed by atoms with Gasteiger partial charge in [0.05, 0.1) is 12.1 Å². The number of carboxylic acids is 1. The Hall–Kier alpha value is -2.11. The Bertz CT molecular complexity index is 503. The molecule has 0 saturated heterocycles. The van der Waals surface area contributed by atoms with Crippen molar-refractivity contribution in [2.45, 2.75) is 32.7 Å². The predicted molar refractivity (Wildman–Crippen MR) is 75.4 cm³/mol. The lowest BCUT2D eigenvalue weighted by Gasteiger charge is -2.24. The maximum absolute atomic E-state index is 13.9. The third-order valence-corrected chi connectivity index (χ3v) is 2.95. The van der Waals surface area contributed by atoms with Crippen LogP contribution in [0.2, 0.25) is 0 Å². The smallest absolute Gasteiger partial charge is 0.303 e. The molecule has 2 N–H and O–H groups in total. The lowest BCUT2D eigenvalue weighted by Crippen LogP contribution is -2.26. The van der Waals surface area contributed by atoms with Gasteiger partial charge in [-0.25, -0.2) is 4.39 Å². The summed E-state index contributed by atoms with van der Waals surface area (Å²) in [5.74, 6) is -1.92. The number of amides is 1. The first-order chi connectivity index (χ1) is 9.31. The van der Waals surface area contributed by atoms with Gasteiger partial charge < -0.3 is 15.3 Å². The SMILES string of the molecule is CC(C)N(C)c1ccc(NC(=O)CCC(=O)O)cc1F. The molecule has 0 radical (unpaired) electrons. The highest BCUT2D eigenvalue weighted by molar-refractivity contribution is 5.92. The molecule has 0 atom stereocenters. The third-order valence-electron chi connectivity index (χ3n) is 2.95. The van der Waals surface area contributed by atoms with Crippen LogP contribution in [0.1, 0.15) is 26.7 Å². The van der Waals surface area contributed by atoms with Gasteiger partial charge in [-0.1, -0.05) is 0 Å². The number of carbonyl (C=O) groups is 2. The van der Waals surface area contributed by atoms with E-state index in [-0.39, 0.29) is 18.9 Å². The fraction of sp³-hybridized carbons (Fsp3) is 0.429. The molecule has 1 aromatic carbocycles. The molecule has 1 amide bonds. The van der Waals surface area contributed by atoms with Crippen LogP contribution >= 0.6 is 0 Å². The van der Waals surface area contributed by atoms with Crippen LogP contribution in [0.5, 0.6) is 0 Å². The second-order valence-corrected chi connectivity index (χ2v) is 4.81. The van der Waals surface area contributed by atoms with Crippen molar-refractivity contribution < 1.29 is 19.1 Å². The fourth-order valence-corrected chi connectivity index (χ4v) is 1.59. The van der Waals surface area contributed by atoms with Crippen molar-refractivity contribution in [3.05, 3.63) is 24.0 Å². The van der Waals surface area contributed by atoms with Crippen LogP contribution in [0.3, 0.4) is 0 Å². The molecule has 0 bridgehead atoms. The quantitative estimate of drug-likeness (QED) is 0.841. The third kappa shape index (κ3) is 4.53. The summed E-state index contributed by atoms with van der Waals surface area (Å²) in [6.07, 6.45) is -0.382. The zero-order valence-corrected chi connectivity index (χ0v) is 11.8. The lowest BCUT2D eigenvalue weighted by atomic mass is 10.2. The van der Waals surface area contributed by atoms with Crippen LogP contribution in [0.15, 0.2) is 18.2 Å². The van der Waals surface area contributed by atoms with Crippen molar-refractivity contribution >= 4 is 23.3 Å². The highest BCUT2D eigenvalue weighted by Gasteiger charge is 2.12. The molecule has 0 aromatic heterocycles. The monoisotopic (exact) mass is 282 g/mol. The maximum atomic E-state index is 13.9. The van der Waals surface area contributed by atoms with Crippen molar-refractivity contribution in [3.63, 3.8) is 0 Å². The van der Waals surface area contributed by atoms with E-state index in [0.717, 1.165) is 0 Å². The molecule has 0 spiro atoms. The topological polar surface area (TPSA) is 69.6 Å². The van der Waals surface area contributed by atoms with Crippen molar-refractivity contribution in [2.24, 2.45) is 0 Å². The molecule has 0 aliphatic rings. The van der Waals surface area contributed by atoms with E-state index in [0.29, 0.717) is 11.4 Å². The van der Waals surface area contributed by atoms with E-state index in [1.807, 2.05) is 13.8 Å². The van der Waals surface area contributed by atoms with Crippen LogP contribution in [-0.4, -0.2) is 30.1 Å². The number of hydrogen-bond acceptors (Lipinski definition) is 3. The first-order valence-electron chi connectivity index (χ1n) is 6.35. The summed E-state index contributed by atoms with van der Waals surface area (Å²) >= 11 is 0. The minimum atomic E-state index is -1.04. The number of carbonyl (C=O) groups excluding carboxylic acids is 1. The molecular weight excluding hydrogens is 263 g/mol. The number of nitrogens with zero attached hydrogens (tertiary/aromatic N) is 1. The number of carboxylic acid groups (broad SMARTS) is 1. The Morgan fingerprint density at radius 1 is 1.35 bits per heavy atom. The van der Waals surface area contributed by atoms with Crippen molar-refractivity contribution in [1.82, 2.24) is 0 Å². The highest BCUT2D eigenvalue weighted by atomic mass is 19.1. The van der Waals surface area contributed by atoms with Crippen molar-refractivity contribution in [1.29, 1.82) is 0 Å². The predicted octanol–water partition coefficient (Wildman–Crippen LogP) is 2.47. The van der Waals surface area contributed by atoms with Crippen molar-refractivity contribution in [3.8, 4) is 0 Å². The molecule has 0 heterocycles. The highest BCUT2D eigenvalue weighted by Crippen LogP contribution is 2.23. The average molecular weight is 282 g/mol. The Morgan fingerprint density at radius 3 is 2.50 bits per heavy atom. The van der Waals surface area contributed by atoms with Gasteiger partial charge in [-0.3, -0.25) is 9.59 Å². The van der Waals surface area contributed by atoms with Crippen LogP contribution in [-0.2, 0) is 9.59 Å². The fourth-order valence-electron chi connectivity index (χ4n) is 1.59. The number of benzene rings is 1. The van der Waals surface area contributed by atoms with Crippen molar-refractivity contribution in [2.75, 3.05) is 17.3 Å². The number of hydrogen-bond donors (Lipinski definition) is 2.